The molecule has 0 radical (unpaired) electrons. The lowest BCUT2D eigenvalue weighted by molar-refractivity contribution is -0.384. The molecule has 11 nitrogen and oxygen atoms in total. The van der Waals surface area contributed by atoms with Crippen LogP contribution in [0.25, 0.3) is 5.69 Å². The molecule has 0 unspecified atom stereocenters. The maximum absolute atomic E-state index is 12.0. The minimum absolute atomic E-state index is 0.0560. The summed E-state index contributed by atoms with van der Waals surface area (Å²) in [5, 5.41) is 18.2. The number of hydrogen-bond donors (Lipinski definition) is 2. The van der Waals surface area contributed by atoms with Crippen molar-refractivity contribution in [2.75, 3.05) is 24.4 Å². The number of benzene rings is 2. The normalized spacial score (nSPS) is 16.2. The number of anilines is 2. The SMILES string of the molecule is COc1ccc(N2C(=S)N[C@@H](c3ccccn3)[C@H]2c2cc(C)n(-c3ccc([N+](=O)[O-])cc3OC)c2C)cc1NC(C)=O. The third kappa shape index (κ3) is 5.12. The molecule has 12 heteroatoms. The Labute approximate surface area is 248 Å². The van der Waals surface area contributed by atoms with Crippen LogP contribution in [0, 0.1) is 24.0 Å². The molecule has 216 valence electrons. The highest BCUT2D eigenvalue weighted by Gasteiger charge is 2.42. The maximum Gasteiger partial charge on any atom is 0.273 e. The summed E-state index contributed by atoms with van der Waals surface area (Å²) in [6, 6.07) is 17.3. The van der Waals surface area contributed by atoms with E-state index in [1.807, 2.05) is 53.6 Å². The number of amides is 1. The average molecular weight is 587 g/mol. The summed E-state index contributed by atoms with van der Waals surface area (Å²) in [4.78, 5) is 29.6. The van der Waals surface area contributed by atoms with Crippen molar-refractivity contribution in [2.24, 2.45) is 0 Å². The molecule has 2 atom stereocenters. The summed E-state index contributed by atoms with van der Waals surface area (Å²) in [5.41, 5.74) is 5.47. The highest BCUT2D eigenvalue weighted by atomic mass is 32.1. The van der Waals surface area contributed by atoms with Gasteiger partial charge in [0.25, 0.3) is 5.69 Å². The van der Waals surface area contributed by atoms with E-state index in [9.17, 15) is 14.9 Å². The summed E-state index contributed by atoms with van der Waals surface area (Å²) in [5.74, 6) is 0.676. The van der Waals surface area contributed by atoms with Crippen LogP contribution >= 0.6 is 12.2 Å². The van der Waals surface area contributed by atoms with E-state index in [-0.39, 0.29) is 23.7 Å². The van der Waals surface area contributed by atoms with Crippen molar-refractivity contribution >= 4 is 40.3 Å². The number of nitro benzene ring substituents is 1. The smallest absolute Gasteiger partial charge is 0.273 e. The highest BCUT2D eigenvalue weighted by molar-refractivity contribution is 7.80. The van der Waals surface area contributed by atoms with Crippen molar-refractivity contribution in [3.8, 4) is 17.2 Å². The van der Waals surface area contributed by atoms with E-state index in [0.717, 1.165) is 28.3 Å². The predicted octanol–water partition coefficient (Wildman–Crippen LogP) is 5.55. The number of thiocarbonyl (C=S) groups is 1. The Morgan fingerprint density at radius 2 is 1.83 bits per heavy atom. The van der Waals surface area contributed by atoms with Crippen LogP contribution in [-0.4, -0.2) is 39.7 Å². The van der Waals surface area contributed by atoms with Gasteiger partial charge in [-0.1, -0.05) is 6.07 Å². The van der Waals surface area contributed by atoms with Gasteiger partial charge in [-0.2, -0.15) is 0 Å². The number of hydrogen-bond acceptors (Lipinski definition) is 7. The third-order valence-electron chi connectivity index (χ3n) is 7.27. The summed E-state index contributed by atoms with van der Waals surface area (Å²) in [6.45, 7) is 5.41. The minimum Gasteiger partial charge on any atom is -0.495 e. The topological polar surface area (TPSA) is 124 Å². The molecule has 1 fully saturated rings. The lowest BCUT2D eigenvalue weighted by atomic mass is 9.96. The fourth-order valence-corrected chi connectivity index (χ4v) is 5.85. The first-order valence-electron chi connectivity index (χ1n) is 13.1. The van der Waals surface area contributed by atoms with Gasteiger partial charge in [-0.25, -0.2) is 0 Å². The molecular weight excluding hydrogens is 556 g/mol. The molecule has 0 saturated carbocycles. The van der Waals surface area contributed by atoms with Gasteiger partial charge in [0.15, 0.2) is 5.11 Å². The molecule has 3 heterocycles. The Balaban J connectivity index is 1.69. The first-order chi connectivity index (χ1) is 20.1. The molecule has 2 N–H and O–H groups in total. The van der Waals surface area contributed by atoms with Crippen LogP contribution in [0.1, 0.15) is 41.7 Å². The van der Waals surface area contributed by atoms with Gasteiger partial charge in [-0.3, -0.25) is 19.9 Å². The highest BCUT2D eigenvalue weighted by Crippen LogP contribution is 2.45. The van der Waals surface area contributed by atoms with Gasteiger partial charge in [-0.15, -0.1) is 0 Å². The number of carbonyl (C=O) groups excluding carboxylic acids is 1. The van der Waals surface area contributed by atoms with E-state index in [1.165, 1.54) is 26.2 Å². The maximum atomic E-state index is 12.0. The predicted molar refractivity (Wildman–Crippen MR) is 164 cm³/mol. The molecule has 0 spiro atoms. The lowest BCUT2D eigenvalue weighted by Crippen LogP contribution is -2.29. The van der Waals surface area contributed by atoms with Crippen molar-refractivity contribution in [1.82, 2.24) is 14.9 Å². The van der Waals surface area contributed by atoms with Gasteiger partial charge in [0.1, 0.15) is 11.5 Å². The van der Waals surface area contributed by atoms with Crippen LogP contribution in [0.2, 0.25) is 0 Å². The minimum atomic E-state index is -0.447. The molecule has 1 amide bonds. The van der Waals surface area contributed by atoms with Gasteiger partial charge in [0.05, 0.1) is 54.4 Å². The second-order valence-corrected chi connectivity index (χ2v) is 10.2. The molecular formula is C30H30N6O5S. The van der Waals surface area contributed by atoms with Gasteiger partial charge < -0.3 is 29.6 Å². The van der Waals surface area contributed by atoms with E-state index in [0.29, 0.717) is 28.0 Å². The average Bonchev–Trinajstić information content (AvgIpc) is 3.47. The molecule has 5 rings (SSSR count). The quantitative estimate of drug-likeness (QED) is 0.155. The molecule has 42 heavy (non-hydrogen) atoms. The van der Waals surface area contributed by atoms with E-state index >= 15 is 0 Å². The third-order valence-corrected chi connectivity index (χ3v) is 7.59. The van der Waals surface area contributed by atoms with Gasteiger partial charge in [0.2, 0.25) is 5.91 Å². The van der Waals surface area contributed by atoms with Crippen molar-refractivity contribution in [2.45, 2.75) is 32.9 Å². The number of nitrogens with zero attached hydrogens (tertiary/aromatic N) is 4. The fourth-order valence-electron chi connectivity index (χ4n) is 5.50. The zero-order valence-corrected chi connectivity index (χ0v) is 24.6. The standard InChI is InChI=1S/C30H30N6O5S/c1-17-14-22(18(2)34(17)25-11-9-21(36(38)39)16-27(25)41-5)29-28(23-8-6-7-13-31-23)33-30(42)35(29)20-10-12-26(40-4)24(15-20)32-19(3)37/h6-16,28-29H,1-5H3,(H,32,37)(H,33,42)/t28-,29+/m0/s1. The van der Waals surface area contributed by atoms with Crippen molar-refractivity contribution in [3.05, 3.63) is 99.6 Å². The van der Waals surface area contributed by atoms with Crippen LogP contribution in [0.3, 0.4) is 0 Å². The molecule has 2 aromatic carbocycles. The number of ether oxygens (including phenoxy) is 2. The second-order valence-electron chi connectivity index (χ2n) is 9.84. The lowest BCUT2D eigenvalue weighted by Gasteiger charge is -2.29. The van der Waals surface area contributed by atoms with Crippen LogP contribution in [0.15, 0.2) is 66.9 Å². The van der Waals surface area contributed by atoms with E-state index in [2.05, 4.69) is 21.7 Å². The molecule has 1 aliphatic rings. The van der Waals surface area contributed by atoms with Crippen LogP contribution in [-0.2, 0) is 4.79 Å². The number of aryl methyl sites for hydroxylation is 1. The van der Waals surface area contributed by atoms with Crippen LogP contribution in [0.4, 0.5) is 17.1 Å². The van der Waals surface area contributed by atoms with Gasteiger partial charge in [0, 0.05) is 36.3 Å². The molecule has 0 aliphatic carbocycles. The van der Waals surface area contributed by atoms with E-state index < -0.39 is 4.92 Å². The zero-order valence-electron chi connectivity index (χ0n) is 23.7. The van der Waals surface area contributed by atoms with E-state index in [4.69, 9.17) is 21.7 Å². The summed E-state index contributed by atoms with van der Waals surface area (Å²) in [7, 11) is 3.04. The van der Waals surface area contributed by atoms with Crippen molar-refractivity contribution in [3.63, 3.8) is 0 Å². The Bertz CT molecular complexity index is 1690. The van der Waals surface area contributed by atoms with Gasteiger partial charge in [-0.05, 0) is 74.1 Å². The Morgan fingerprint density at radius 3 is 2.48 bits per heavy atom. The number of non-ortho nitro benzene ring substituents is 1. The van der Waals surface area contributed by atoms with Crippen molar-refractivity contribution < 1.29 is 19.2 Å². The van der Waals surface area contributed by atoms with Crippen LogP contribution in [0.5, 0.6) is 11.5 Å². The molecule has 1 saturated heterocycles. The summed E-state index contributed by atoms with van der Waals surface area (Å²) >= 11 is 5.90. The largest absolute Gasteiger partial charge is 0.495 e. The number of pyridine rings is 1. The molecule has 1 aliphatic heterocycles. The second kappa shape index (κ2) is 11.5. The van der Waals surface area contributed by atoms with E-state index in [1.54, 1.807) is 25.4 Å². The summed E-state index contributed by atoms with van der Waals surface area (Å²) < 4.78 is 13.1. The number of nitro groups is 1. The number of nitrogens with one attached hydrogen (secondary N) is 2. The number of aromatic nitrogens is 2. The first kappa shape index (κ1) is 28.6. The Hall–Kier alpha value is -4.97. The Kier molecular flexibility index (Phi) is 7.81. The van der Waals surface area contributed by atoms with Crippen LogP contribution < -0.4 is 25.0 Å². The monoisotopic (exact) mass is 586 g/mol. The fraction of sp³-hybridized carbons (Fsp3) is 0.233. The Morgan fingerprint density at radius 1 is 1.07 bits per heavy atom. The van der Waals surface area contributed by atoms with Crippen molar-refractivity contribution in [1.29, 1.82) is 0 Å². The number of rotatable bonds is 8. The zero-order chi connectivity index (χ0) is 30.1. The van der Waals surface area contributed by atoms with Gasteiger partial charge >= 0.3 is 0 Å². The first-order valence-corrected chi connectivity index (χ1v) is 13.5. The number of carbonyl (C=O) groups is 1. The summed E-state index contributed by atoms with van der Waals surface area (Å²) in [6.07, 6.45) is 1.74. The number of methoxy groups -OCH3 is 2. The molecule has 4 aromatic rings. The molecule has 2 aromatic heterocycles. The molecule has 0 bridgehead atoms.